The van der Waals surface area contributed by atoms with Gasteiger partial charge in [0.25, 0.3) is 0 Å². The summed E-state index contributed by atoms with van der Waals surface area (Å²) in [5.74, 6) is 0.337. The van der Waals surface area contributed by atoms with Crippen LogP contribution in [0.3, 0.4) is 0 Å². The Bertz CT molecular complexity index is 198. The molecule has 0 aromatic heterocycles. The van der Waals surface area contributed by atoms with Crippen molar-refractivity contribution >= 4 is 11.9 Å². The van der Waals surface area contributed by atoms with Crippen molar-refractivity contribution in [3.8, 4) is 0 Å². The lowest BCUT2D eigenvalue weighted by atomic mass is 10.1. The smallest absolute Gasteiger partial charge is 0.407 e. The molecule has 1 rings (SSSR count). The van der Waals surface area contributed by atoms with Crippen LogP contribution in [0.2, 0.25) is 0 Å². The lowest BCUT2D eigenvalue weighted by Gasteiger charge is -2.13. The fourth-order valence-electron chi connectivity index (χ4n) is 1.17. The molecule has 1 amide bonds. The summed E-state index contributed by atoms with van der Waals surface area (Å²) in [6, 6.07) is -0.336. The van der Waals surface area contributed by atoms with Crippen molar-refractivity contribution in [1.29, 1.82) is 0 Å². The average molecular weight is 171 g/mol. The van der Waals surface area contributed by atoms with Crippen molar-refractivity contribution in [2.45, 2.75) is 25.8 Å². The molecule has 68 valence electrons. The zero-order valence-electron chi connectivity index (χ0n) is 7.29. The van der Waals surface area contributed by atoms with Crippen molar-refractivity contribution in [1.82, 2.24) is 5.32 Å². The fraction of sp³-hybridized carbons (Fsp3) is 0.750. The van der Waals surface area contributed by atoms with Gasteiger partial charge in [-0.1, -0.05) is 0 Å². The molecular weight excluding hydrogens is 158 g/mol. The van der Waals surface area contributed by atoms with Crippen molar-refractivity contribution in [3.63, 3.8) is 0 Å². The van der Waals surface area contributed by atoms with Crippen LogP contribution in [-0.4, -0.2) is 25.0 Å². The Hall–Kier alpha value is -1.06. The van der Waals surface area contributed by atoms with Gasteiger partial charge in [-0.25, -0.2) is 4.79 Å². The third-order valence-corrected chi connectivity index (χ3v) is 1.99. The highest BCUT2D eigenvalue weighted by atomic mass is 16.5. The first-order valence-electron chi connectivity index (χ1n) is 4.00. The summed E-state index contributed by atoms with van der Waals surface area (Å²) in [6.45, 7) is 1.49. The van der Waals surface area contributed by atoms with Crippen LogP contribution in [0.1, 0.15) is 19.8 Å². The van der Waals surface area contributed by atoms with Gasteiger partial charge in [-0.05, 0) is 25.7 Å². The van der Waals surface area contributed by atoms with Crippen LogP contribution in [0.25, 0.3) is 0 Å². The number of alkyl carbamates (subject to hydrolysis) is 1. The van der Waals surface area contributed by atoms with Crippen molar-refractivity contribution in [2.75, 3.05) is 7.11 Å². The van der Waals surface area contributed by atoms with Crippen LogP contribution in [0.15, 0.2) is 0 Å². The van der Waals surface area contributed by atoms with Gasteiger partial charge in [-0.3, -0.25) is 4.79 Å². The molecule has 1 N–H and O–H groups in total. The number of nitrogens with one attached hydrogen (secondary N) is 1. The monoisotopic (exact) mass is 171 g/mol. The Labute approximate surface area is 71.3 Å². The van der Waals surface area contributed by atoms with E-state index in [4.69, 9.17) is 0 Å². The van der Waals surface area contributed by atoms with Gasteiger partial charge in [-0.2, -0.15) is 0 Å². The largest absolute Gasteiger partial charge is 0.453 e. The van der Waals surface area contributed by atoms with Gasteiger partial charge in [0.1, 0.15) is 0 Å². The van der Waals surface area contributed by atoms with E-state index in [9.17, 15) is 9.59 Å². The minimum atomic E-state index is -0.526. The second-order valence-electron chi connectivity index (χ2n) is 3.06. The topological polar surface area (TPSA) is 55.4 Å². The molecule has 12 heavy (non-hydrogen) atoms. The summed E-state index contributed by atoms with van der Waals surface area (Å²) in [4.78, 5) is 21.8. The highest BCUT2D eigenvalue weighted by Gasteiger charge is 2.35. The molecule has 0 saturated heterocycles. The quantitative estimate of drug-likeness (QED) is 0.680. The SMILES string of the molecule is COC(=O)N[C@H](C(C)=O)C1CC1. The normalized spacial score (nSPS) is 18.2. The molecular formula is C8H13NO3. The molecule has 0 bridgehead atoms. The summed E-state index contributed by atoms with van der Waals surface area (Å²) in [7, 11) is 1.29. The molecule has 1 saturated carbocycles. The standard InChI is InChI=1S/C8H13NO3/c1-5(10)7(6-3-4-6)9-8(11)12-2/h6-7H,3-4H2,1-2H3,(H,9,11)/t7-/m1/s1. The summed E-state index contributed by atoms with van der Waals surface area (Å²) < 4.78 is 4.41. The van der Waals surface area contributed by atoms with Crippen molar-refractivity contribution < 1.29 is 14.3 Å². The summed E-state index contributed by atoms with van der Waals surface area (Å²) in [6.07, 6.45) is 1.52. The number of Topliss-reactive ketones (excluding diaryl/α,β-unsaturated/α-hetero) is 1. The maximum atomic E-state index is 11.0. The van der Waals surface area contributed by atoms with E-state index in [1.165, 1.54) is 14.0 Å². The number of hydrogen-bond acceptors (Lipinski definition) is 3. The second kappa shape index (κ2) is 3.56. The van der Waals surface area contributed by atoms with Gasteiger partial charge in [0.15, 0.2) is 5.78 Å². The number of ether oxygens (including phenoxy) is 1. The van der Waals surface area contributed by atoms with E-state index in [2.05, 4.69) is 10.1 Å². The Morgan fingerprint density at radius 1 is 1.50 bits per heavy atom. The number of methoxy groups -OCH3 is 1. The fourth-order valence-corrected chi connectivity index (χ4v) is 1.17. The Balaban J connectivity index is 2.43. The van der Waals surface area contributed by atoms with E-state index in [0.717, 1.165) is 12.8 Å². The number of ketones is 1. The predicted octanol–water partition coefficient (Wildman–Crippen LogP) is 0.710. The van der Waals surface area contributed by atoms with Gasteiger partial charge in [0.05, 0.1) is 13.2 Å². The number of hydrogen-bond donors (Lipinski definition) is 1. The minimum absolute atomic E-state index is 0.00269. The first-order chi connectivity index (χ1) is 5.65. The molecule has 0 heterocycles. The van der Waals surface area contributed by atoms with Crippen LogP contribution in [0.4, 0.5) is 4.79 Å². The number of carbonyl (C=O) groups excluding carboxylic acids is 2. The minimum Gasteiger partial charge on any atom is -0.453 e. The molecule has 1 aliphatic carbocycles. The summed E-state index contributed by atoms with van der Waals surface area (Å²) in [5.41, 5.74) is 0. The molecule has 1 aliphatic rings. The van der Waals surface area contributed by atoms with Gasteiger partial charge in [0, 0.05) is 0 Å². The molecule has 4 heteroatoms. The summed E-state index contributed by atoms with van der Waals surface area (Å²) >= 11 is 0. The third kappa shape index (κ3) is 2.22. The maximum Gasteiger partial charge on any atom is 0.407 e. The van der Waals surface area contributed by atoms with Crippen LogP contribution in [0.5, 0.6) is 0 Å². The van der Waals surface area contributed by atoms with Crippen molar-refractivity contribution in [3.05, 3.63) is 0 Å². The van der Waals surface area contributed by atoms with Crippen molar-refractivity contribution in [2.24, 2.45) is 5.92 Å². The molecule has 1 fully saturated rings. The summed E-state index contributed by atoms with van der Waals surface area (Å²) in [5, 5.41) is 2.52. The zero-order valence-corrected chi connectivity index (χ0v) is 7.29. The molecule has 0 radical (unpaired) electrons. The number of amides is 1. The molecule has 1 atom stereocenters. The van der Waals surface area contributed by atoms with Crippen LogP contribution in [-0.2, 0) is 9.53 Å². The Kier molecular flexibility index (Phi) is 2.68. The zero-order chi connectivity index (χ0) is 9.14. The van der Waals surface area contributed by atoms with Crippen LogP contribution in [0, 0.1) is 5.92 Å². The predicted molar refractivity (Wildman–Crippen MR) is 42.7 cm³/mol. The molecule has 4 nitrogen and oxygen atoms in total. The lowest BCUT2D eigenvalue weighted by molar-refractivity contribution is -0.119. The average Bonchev–Trinajstić information content (AvgIpc) is 2.81. The van der Waals surface area contributed by atoms with Gasteiger partial charge >= 0.3 is 6.09 Å². The van der Waals surface area contributed by atoms with E-state index < -0.39 is 6.09 Å². The molecule has 0 spiro atoms. The molecule has 0 aliphatic heterocycles. The second-order valence-corrected chi connectivity index (χ2v) is 3.06. The maximum absolute atomic E-state index is 11.0. The Morgan fingerprint density at radius 3 is 2.42 bits per heavy atom. The van der Waals surface area contributed by atoms with E-state index in [1.54, 1.807) is 0 Å². The molecule has 0 unspecified atom stereocenters. The van der Waals surface area contributed by atoms with E-state index in [1.807, 2.05) is 0 Å². The highest BCUT2D eigenvalue weighted by molar-refractivity contribution is 5.86. The van der Waals surface area contributed by atoms with Gasteiger partial charge in [0.2, 0.25) is 0 Å². The number of rotatable bonds is 3. The van der Waals surface area contributed by atoms with Crippen LogP contribution < -0.4 is 5.32 Å². The number of carbonyl (C=O) groups is 2. The molecule has 0 aromatic carbocycles. The first-order valence-corrected chi connectivity index (χ1v) is 4.00. The van der Waals surface area contributed by atoms with E-state index in [-0.39, 0.29) is 11.8 Å². The van der Waals surface area contributed by atoms with Gasteiger partial charge in [-0.15, -0.1) is 0 Å². The third-order valence-electron chi connectivity index (χ3n) is 1.99. The van der Waals surface area contributed by atoms with Crippen LogP contribution >= 0.6 is 0 Å². The molecule has 0 aromatic rings. The van der Waals surface area contributed by atoms with E-state index in [0.29, 0.717) is 5.92 Å². The van der Waals surface area contributed by atoms with Gasteiger partial charge < -0.3 is 10.1 Å². The highest BCUT2D eigenvalue weighted by Crippen LogP contribution is 2.32. The van der Waals surface area contributed by atoms with E-state index >= 15 is 0 Å². The lowest BCUT2D eigenvalue weighted by Crippen LogP contribution is -2.41. The Morgan fingerprint density at radius 2 is 2.08 bits per heavy atom. The first kappa shape index (κ1) is 9.03.